The largest absolute Gasteiger partial charge is 0.353 e. The Kier molecular flexibility index (Phi) is 6.54. The molecule has 0 radical (unpaired) electrons. The molecule has 3 nitrogen and oxygen atoms in total. The number of rotatable bonds is 6. The minimum atomic E-state index is 0.0506. The van der Waals surface area contributed by atoms with Crippen molar-refractivity contribution >= 4 is 5.91 Å². The monoisotopic (exact) mass is 200 g/mol. The van der Waals surface area contributed by atoms with Crippen molar-refractivity contribution in [2.45, 2.75) is 40.2 Å². The lowest BCUT2D eigenvalue weighted by atomic mass is 10.0. The van der Waals surface area contributed by atoms with E-state index in [1.807, 2.05) is 14.0 Å². The quantitative estimate of drug-likeness (QED) is 0.680. The molecular weight excluding hydrogens is 176 g/mol. The molecule has 0 aromatic rings. The lowest BCUT2D eigenvalue weighted by molar-refractivity contribution is -0.125. The maximum atomic E-state index is 11.6. The van der Waals surface area contributed by atoms with Crippen LogP contribution in [0.4, 0.5) is 0 Å². The van der Waals surface area contributed by atoms with Gasteiger partial charge in [-0.3, -0.25) is 4.79 Å². The molecule has 3 heteroatoms. The molecule has 2 unspecified atom stereocenters. The predicted octanol–water partition coefficient (Wildman–Crippen LogP) is 1.39. The molecular formula is C11H24N2O. The number of carbonyl (C=O) groups excluding carboxylic acids is 1. The van der Waals surface area contributed by atoms with Crippen molar-refractivity contribution in [3.63, 3.8) is 0 Å². The van der Waals surface area contributed by atoms with Crippen LogP contribution < -0.4 is 10.6 Å². The summed E-state index contributed by atoms with van der Waals surface area (Å²) in [5.74, 6) is 0.826. The van der Waals surface area contributed by atoms with Gasteiger partial charge < -0.3 is 10.6 Å². The van der Waals surface area contributed by atoms with Crippen molar-refractivity contribution in [2.24, 2.45) is 11.8 Å². The minimum absolute atomic E-state index is 0.0506. The molecule has 0 aromatic heterocycles. The van der Waals surface area contributed by atoms with Crippen LogP contribution in [0.25, 0.3) is 0 Å². The molecule has 84 valence electrons. The second kappa shape index (κ2) is 6.82. The molecule has 0 aliphatic carbocycles. The molecule has 0 bridgehead atoms. The van der Waals surface area contributed by atoms with Gasteiger partial charge in [-0.1, -0.05) is 20.8 Å². The van der Waals surface area contributed by atoms with Crippen LogP contribution in [0.1, 0.15) is 34.1 Å². The van der Waals surface area contributed by atoms with E-state index in [1.165, 1.54) is 0 Å². The van der Waals surface area contributed by atoms with Gasteiger partial charge in [-0.25, -0.2) is 0 Å². The summed E-state index contributed by atoms with van der Waals surface area (Å²) < 4.78 is 0. The average molecular weight is 200 g/mol. The van der Waals surface area contributed by atoms with E-state index in [9.17, 15) is 4.79 Å². The zero-order chi connectivity index (χ0) is 11.1. The average Bonchev–Trinajstić information content (AvgIpc) is 2.02. The van der Waals surface area contributed by atoms with Crippen molar-refractivity contribution < 1.29 is 4.79 Å². The highest BCUT2D eigenvalue weighted by Gasteiger charge is 2.14. The zero-order valence-corrected chi connectivity index (χ0v) is 10.1. The Bertz CT molecular complexity index is 169. The van der Waals surface area contributed by atoms with E-state index in [4.69, 9.17) is 0 Å². The van der Waals surface area contributed by atoms with E-state index in [2.05, 4.69) is 31.4 Å². The van der Waals surface area contributed by atoms with Gasteiger partial charge in [-0.2, -0.15) is 0 Å². The van der Waals surface area contributed by atoms with Crippen LogP contribution in [-0.4, -0.2) is 25.5 Å². The fourth-order valence-corrected chi connectivity index (χ4v) is 1.55. The number of amides is 1. The standard InChI is InChI=1S/C11H24N2O/c1-8(2)6-10(4)13-11(14)9(3)7-12-5/h8-10,12H,6-7H2,1-5H3,(H,13,14). The molecule has 0 spiro atoms. The normalized spacial score (nSPS) is 15.3. The Hall–Kier alpha value is -0.570. The van der Waals surface area contributed by atoms with Crippen LogP contribution >= 0.6 is 0 Å². The van der Waals surface area contributed by atoms with Crippen LogP contribution in [0.15, 0.2) is 0 Å². The second-order valence-electron chi connectivity index (χ2n) is 4.50. The van der Waals surface area contributed by atoms with Crippen LogP contribution in [0, 0.1) is 11.8 Å². The summed E-state index contributed by atoms with van der Waals surface area (Å²) in [6, 6.07) is 0.279. The van der Waals surface area contributed by atoms with E-state index in [0.29, 0.717) is 5.92 Å². The Labute approximate surface area is 87.6 Å². The fourth-order valence-electron chi connectivity index (χ4n) is 1.55. The molecule has 0 rings (SSSR count). The summed E-state index contributed by atoms with van der Waals surface area (Å²) in [6.45, 7) is 9.07. The van der Waals surface area contributed by atoms with Gasteiger partial charge in [-0.15, -0.1) is 0 Å². The van der Waals surface area contributed by atoms with Gasteiger partial charge in [0.25, 0.3) is 0 Å². The van der Waals surface area contributed by atoms with Gasteiger partial charge in [0.2, 0.25) is 5.91 Å². The van der Waals surface area contributed by atoms with Crippen molar-refractivity contribution in [2.75, 3.05) is 13.6 Å². The van der Waals surface area contributed by atoms with E-state index in [-0.39, 0.29) is 17.9 Å². The first-order chi connectivity index (χ1) is 6.47. The molecule has 1 amide bonds. The Morgan fingerprint density at radius 2 is 1.79 bits per heavy atom. The summed E-state index contributed by atoms with van der Waals surface area (Å²) in [4.78, 5) is 11.6. The van der Waals surface area contributed by atoms with Gasteiger partial charge >= 0.3 is 0 Å². The molecule has 0 aliphatic rings. The minimum Gasteiger partial charge on any atom is -0.353 e. The summed E-state index contributed by atoms with van der Waals surface area (Å²) >= 11 is 0. The number of hydrogen-bond donors (Lipinski definition) is 2. The van der Waals surface area contributed by atoms with Crippen molar-refractivity contribution in [1.82, 2.24) is 10.6 Å². The first-order valence-corrected chi connectivity index (χ1v) is 5.42. The highest BCUT2D eigenvalue weighted by Crippen LogP contribution is 2.04. The number of hydrogen-bond acceptors (Lipinski definition) is 2. The fraction of sp³-hybridized carbons (Fsp3) is 0.909. The van der Waals surface area contributed by atoms with E-state index >= 15 is 0 Å². The Balaban J connectivity index is 3.80. The van der Waals surface area contributed by atoms with Crippen LogP contribution in [-0.2, 0) is 4.79 Å². The lowest BCUT2D eigenvalue weighted by Gasteiger charge is -2.18. The molecule has 2 N–H and O–H groups in total. The van der Waals surface area contributed by atoms with Gasteiger partial charge in [0.05, 0.1) is 0 Å². The van der Waals surface area contributed by atoms with Crippen LogP contribution in [0.3, 0.4) is 0 Å². The number of nitrogens with one attached hydrogen (secondary N) is 2. The van der Waals surface area contributed by atoms with Crippen LogP contribution in [0.5, 0.6) is 0 Å². The van der Waals surface area contributed by atoms with Crippen molar-refractivity contribution in [3.8, 4) is 0 Å². The second-order valence-corrected chi connectivity index (χ2v) is 4.50. The third-order valence-corrected chi connectivity index (χ3v) is 2.17. The molecule has 2 atom stereocenters. The highest BCUT2D eigenvalue weighted by molar-refractivity contribution is 5.78. The molecule has 0 fully saturated rings. The SMILES string of the molecule is CNCC(C)C(=O)NC(C)CC(C)C. The first kappa shape index (κ1) is 13.4. The maximum absolute atomic E-state index is 11.6. The number of carbonyl (C=O) groups is 1. The van der Waals surface area contributed by atoms with Gasteiger partial charge in [0.1, 0.15) is 0 Å². The molecule has 0 aliphatic heterocycles. The summed E-state index contributed by atoms with van der Waals surface area (Å²) in [5.41, 5.74) is 0. The van der Waals surface area contributed by atoms with Gasteiger partial charge in [0.15, 0.2) is 0 Å². The third kappa shape index (κ3) is 5.97. The third-order valence-electron chi connectivity index (χ3n) is 2.17. The maximum Gasteiger partial charge on any atom is 0.224 e. The Morgan fingerprint density at radius 3 is 2.21 bits per heavy atom. The van der Waals surface area contributed by atoms with E-state index < -0.39 is 0 Å². The van der Waals surface area contributed by atoms with E-state index in [1.54, 1.807) is 0 Å². The first-order valence-electron chi connectivity index (χ1n) is 5.42. The molecule has 0 saturated carbocycles. The molecule has 0 aromatic carbocycles. The predicted molar refractivity (Wildman–Crippen MR) is 60.2 cm³/mol. The van der Waals surface area contributed by atoms with Crippen LogP contribution in [0.2, 0.25) is 0 Å². The van der Waals surface area contributed by atoms with Gasteiger partial charge in [-0.05, 0) is 26.3 Å². The summed E-state index contributed by atoms with van der Waals surface area (Å²) in [5, 5.41) is 6.02. The Morgan fingerprint density at radius 1 is 1.21 bits per heavy atom. The molecule has 0 heterocycles. The molecule has 0 saturated heterocycles. The zero-order valence-electron chi connectivity index (χ0n) is 10.1. The smallest absolute Gasteiger partial charge is 0.224 e. The lowest BCUT2D eigenvalue weighted by Crippen LogP contribution is -2.39. The van der Waals surface area contributed by atoms with E-state index in [0.717, 1.165) is 13.0 Å². The molecule has 14 heavy (non-hydrogen) atoms. The van der Waals surface area contributed by atoms with Crippen molar-refractivity contribution in [3.05, 3.63) is 0 Å². The topological polar surface area (TPSA) is 41.1 Å². The van der Waals surface area contributed by atoms with Crippen molar-refractivity contribution in [1.29, 1.82) is 0 Å². The highest BCUT2D eigenvalue weighted by atomic mass is 16.1. The summed E-state index contributed by atoms with van der Waals surface area (Å²) in [6.07, 6.45) is 1.04. The summed E-state index contributed by atoms with van der Waals surface area (Å²) in [7, 11) is 1.86. The van der Waals surface area contributed by atoms with Gasteiger partial charge in [0, 0.05) is 18.5 Å².